The van der Waals surface area contributed by atoms with E-state index in [-0.39, 0.29) is 11.9 Å². The minimum Gasteiger partial charge on any atom is -0.345 e. The molecule has 0 aliphatic carbocycles. The number of carbonyl (C=O) groups is 2. The molecule has 0 spiro atoms. The van der Waals surface area contributed by atoms with Crippen molar-refractivity contribution in [2.75, 3.05) is 0 Å². The molecule has 0 bridgehead atoms. The summed E-state index contributed by atoms with van der Waals surface area (Å²) < 4.78 is 0. The lowest BCUT2D eigenvalue weighted by atomic mass is 9.97. The van der Waals surface area contributed by atoms with Crippen molar-refractivity contribution in [3.05, 3.63) is 76.3 Å². The van der Waals surface area contributed by atoms with Gasteiger partial charge in [-0.15, -0.1) is 0 Å². The molecule has 1 atom stereocenters. The highest BCUT2D eigenvalue weighted by molar-refractivity contribution is 6.30. The third-order valence-electron chi connectivity index (χ3n) is 3.33. The topological polar surface area (TPSA) is 78.4 Å². The summed E-state index contributed by atoms with van der Waals surface area (Å²) in [5, 5.41) is 12.0. The average Bonchev–Trinajstić information content (AvgIpc) is 2.58. The van der Waals surface area contributed by atoms with Crippen molar-refractivity contribution < 1.29 is 14.8 Å². The molecule has 0 aromatic heterocycles. The van der Waals surface area contributed by atoms with Crippen molar-refractivity contribution in [3.63, 3.8) is 0 Å². The molecule has 0 saturated heterocycles. The molecule has 0 heterocycles. The van der Waals surface area contributed by atoms with Gasteiger partial charge in [0, 0.05) is 18.0 Å². The number of rotatable bonds is 5. The van der Waals surface area contributed by atoms with Crippen molar-refractivity contribution in [2.24, 2.45) is 0 Å². The normalized spacial score (nSPS) is 12.0. The van der Waals surface area contributed by atoms with E-state index < -0.39 is 5.91 Å². The predicted molar refractivity (Wildman–Crippen MR) is 92.5 cm³/mol. The molecule has 2 aromatic carbocycles. The van der Waals surface area contributed by atoms with E-state index in [1.165, 1.54) is 18.5 Å². The maximum atomic E-state index is 11.6. The number of amides is 2. The van der Waals surface area contributed by atoms with E-state index in [0.717, 1.165) is 16.7 Å². The molecule has 2 rings (SSSR count). The van der Waals surface area contributed by atoms with Crippen LogP contribution in [0.1, 0.15) is 29.7 Å². The van der Waals surface area contributed by atoms with Gasteiger partial charge in [0.1, 0.15) is 0 Å². The van der Waals surface area contributed by atoms with E-state index in [2.05, 4.69) is 5.32 Å². The van der Waals surface area contributed by atoms with Crippen LogP contribution in [0, 0.1) is 0 Å². The zero-order valence-corrected chi connectivity index (χ0v) is 13.7. The van der Waals surface area contributed by atoms with E-state index in [1.807, 2.05) is 36.4 Å². The Kier molecular flexibility index (Phi) is 6.12. The fraction of sp³-hybridized carbons (Fsp3) is 0.111. The van der Waals surface area contributed by atoms with Gasteiger partial charge in [0.2, 0.25) is 5.91 Å². The monoisotopic (exact) mass is 344 g/mol. The minimum absolute atomic E-state index is 0.157. The molecule has 3 N–H and O–H groups in total. The van der Waals surface area contributed by atoms with Crippen LogP contribution in [0.2, 0.25) is 5.02 Å². The molecule has 2 aromatic rings. The molecular weight excluding hydrogens is 328 g/mol. The number of carbonyl (C=O) groups excluding carboxylic acids is 2. The zero-order valence-electron chi connectivity index (χ0n) is 13.0. The maximum absolute atomic E-state index is 11.6. The molecule has 5 nitrogen and oxygen atoms in total. The highest BCUT2D eigenvalue weighted by Crippen LogP contribution is 2.24. The first-order valence-corrected chi connectivity index (χ1v) is 7.62. The number of halogens is 1. The average molecular weight is 345 g/mol. The standard InChI is InChI=1S/C18H17ClN2O3/c1-12(22)20-18(14-6-8-16(19)9-7-14)15-4-2-3-13(11-15)5-10-17(23)21-24/h2-11,18,24H,1H3,(H,20,22)(H,21,23)/b10-5+. The molecular formula is C18H17ClN2O3. The van der Waals surface area contributed by atoms with Crippen molar-refractivity contribution in [1.82, 2.24) is 10.8 Å². The van der Waals surface area contributed by atoms with Gasteiger partial charge in [-0.25, -0.2) is 5.48 Å². The van der Waals surface area contributed by atoms with Crippen LogP contribution in [0.25, 0.3) is 6.08 Å². The number of hydrogen-bond donors (Lipinski definition) is 3. The molecule has 6 heteroatoms. The molecule has 2 amide bonds. The number of benzene rings is 2. The summed E-state index contributed by atoms with van der Waals surface area (Å²) in [6.07, 6.45) is 2.79. The Bertz CT molecular complexity index is 757. The van der Waals surface area contributed by atoms with Crippen LogP contribution in [0.5, 0.6) is 0 Å². The molecule has 24 heavy (non-hydrogen) atoms. The molecule has 0 aliphatic rings. The maximum Gasteiger partial charge on any atom is 0.267 e. The highest BCUT2D eigenvalue weighted by atomic mass is 35.5. The molecule has 0 fully saturated rings. The van der Waals surface area contributed by atoms with Crippen LogP contribution in [0.15, 0.2) is 54.6 Å². The van der Waals surface area contributed by atoms with Gasteiger partial charge < -0.3 is 5.32 Å². The molecule has 124 valence electrons. The van der Waals surface area contributed by atoms with Crippen LogP contribution in [-0.2, 0) is 9.59 Å². The quantitative estimate of drug-likeness (QED) is 0.443. The Balaban J connectivity index is 2.36. The van der Waals surface area contributed by atoms with Gasteiger partial charge in [0.25, 0.3) is 5.91 Å². The Labute approximate surface area is 144 Å². The van der Waals surface area contributed by atoms with Gasteiger partial charge in [-0.2, -0.15) is 0 Å². The van der Waals surface area contributed by atoms with Crippen molar-refractivity contribution in [2.45, 2.75) is 13.0 Å². The summed E-state index contributed by atoms with van der Waals surface area (Å²) >= 11 is 5.92. The van der Waals surface area contributed by atoms with E-state index in [1.54, 1.807) is 18.2 Å². The molecule has 0 saturated carbocycles. The lowest BCUT2D eigenvalue weighted by Gasteiger charge is -2.19. The predicted octanol–water partition coefficient (Wildman–Crippen LogP) is 3.08. The van der Waals surface area contributed by atoms with Crippen LogP contribution in [0.3, 0.4) is 0 Å². The molecule has 0 aliphatic heterocycles. The summed E-state index contributed by atoms with van der Waals surface area (Å²) in [5.41, 5.74) is 4.05. The fourth-order valence-electron chi connectivity index (χ4n) is 2.27. The Morgan fingerprint density at radius 2 is 1.83 bits per heavy atom. The van der Waals surface area contributed by atoms with E-state index in [0.29, 0.717) is 5.02 Å². The molecule has 0 radical (unpaired) electrons. The lowest BCUT2D eigenvalue weighted by Crippen LogP contribution is -2.26. The second kappa shape index (κ2) is 8.29. The van der Waals surface area contributed by atoms with Gasteiger partial charge in [-0.05, 0) is 41.0 Å². The lowest BCUT2D eigenvalue weighted by molar-refractivity contribution is -0.124. The smallest absolute Gasteiger partial charge is 0.267 e. The van der Waals surface area contributed by atoms with E-state index in [4.69, 9.17) is 16.8 Å². The SMILES string of the molecule is CC(=O)NC(c1ccc(Cl)cc1)c1cccc(/C=C/C(=O)NO)c1. The largest absolute Gasteiger partial charge is 0.345 e. The number of hydrogen-bond acceptors (Lipinski definition) is 3. The van der Waals surface area contributed by atoms with Crippen molar-refractivity contribution in [3.8, 4) is 0 Å². The summed E-state index contributed by atoms with van der Waals surface area (Å²) in [7, 11) is 0. The zero-order chi connectivity index (χ0) is 17.5. The van der Waals surface area contributed by atoms with E-state index in [9.17, 15) is 9.59 Å². The number of nitrogens with one attached hydrogen (secondary N) is 2. The van der Waals surface area contributed by atoms with Crippen LogP contribution in [-0.4, -0.2) is 17.0 Å². The molecule has 1 unspecified atom stereocenters. The van der Waals surface area contributed by atoms with Gasteiger partial charge in [0.05, 0.1) is 6.04 Å². The second-order valence-corrected chi connectivity index (χ2v) is 5.60. The van der Waals surface area contributed by atoms with Crippen molar-refractivity contribution in [1.29, 1.82) is 0 Å². The third kappa shape index (κ3) is 4.94. The van der Waals surface area contributed by atoms with Gasteiger partial charge in [-0.3, -0.25) is 14.8 Å². The number of hydroxylamine groups is 1. The van der Waals surface area contributed by atoms with E-state index >= 15 is 0 Å². The Hall–Kier alpha value is -2.63. The minimum atomic E-state index is -0.614. The van der Waals surface area contributed by atoms with Crippen LogP contribution in [0.4, 0.5) is 0 Å². The third-order valence-corrected chi connectivity index (χ3v) is 3.58. The van der Waals surface area contributed by atoms with Crippen LogP contribution < -0.4 is 10.8 Å². The Morgan fingerprint density at radius 3 is 2.46 bits per heavy atom. The summed E-state index contributed by atoms with van der Waals surface area (Å²) in [5.74, 6) is -0.771. The second-order valence-electron chi connectivity index (χ2n) is 5.16. The van der Waals surface area contributed by atoms with Crippen molar-refractivity contribution >= 4 is 29.5 Å². The summed E-state index contributed by atoms with van der Waals surface area (Å²) in [4.78, 5) is 22.7. The van der Waals surface area contributed by atoms with Gasteiger partial charge in [-0.1, -0.05) is 41.9 Å². The summed E-state index contributed by atoms with van der Waals surface area (Å²) in [6, 6.07) is 14.3. The van der Waals surface area contributed by atoms with Gasteiger partial charge >= 0.3 is 0 Å². The summed E-state index contributed by atoms with van der Waals surface area (Å²) in [6.45, 7) is 1.46. The van der Waals surface area contributed by atoms with Crippen LogP contribution >= 0.6 is 11.6 Å². The fourth-order valence-corrected chi connectivity index (χ4v) is 2.40. The Morgan fingerprint density at radius 1 is 1.12 bits per heavy atom. The highest BCUT2D eigenvalue weighted by Gasteiger charge is 2.15. The van der Waals surface area contributed by atoms with Gasteiger partial charge in [0.15, 0.2) is 0 Å². The first kappa shape index (κ1) is 17.7. The first-order valence-electron chi connectivity index (χ1n) is 7.24. The first-order chi connectivity index (χ1) is 11.5.